The molecule has 3 heteroatoms. The summed E-state index contributed by atoms with van der Waals surface area (Å²) in [6, 6.07) is 0. The first-order chi connectivity index (χ1) is 5.49. The fourth-order valence-corrected chi connectivity index (χ4v) is 1.82. The molecule has 0 atom stereocenters. The Balaban J connectivity index is 3.26. The molecule has 0 saturated heterocycles. The third-order valence-electron chi connectivity index (χ3n) is 2.43. The molecule has 0 radical (unpaired) electrons. The van der Waals surface area contributed by atoms with Crippen molar-refractivity contribution in [2.24, 2.45) is 0 Å². The molecular formula is C9H16N2S. The molecular weight excluding hydrogens is 168 g/mol. The Morgan fingerprint density at radius 2 is 2.17 bits per heavy atom. The van der Waals surface area contributed by atoms with E-state index in [9.17, 15) is 0 Å². The second-order valence-electron chi connectivity index (χ2n) is 3.74. The number of H-pyrrole nitrogens is 1. The van der Waals surface area contributed by atoms with Crippen LogP contribution in [0.25, 0.3) is 0 Å². The van der Waals surface area contributed by atoms with Crippen molar-refractivity contribution in [3.63, 3.8) is 0 Å². The van der Waals surface area contributed by atoms with Crippen LogP contribution in [-0.4, -0.2) is 9.55 Å². The fraction of sp³-hybridized carbons (Fsp3) is 0.667. The zero-order chi connectivity index (χ0) is 9.35. The normalized spacial score (nSPS) is 12.0. The Kier molecular flexibility index (Phi) is 2.42. The monoisotopic (exact) mass is 184 g/mol. The van der Waals surface area contributed by atoms with Crippen molar-refractivity contribution in [2.45, 2.75) is 39.7 Å². The van der Waals surface area contributed by atoms with Crippen LogP contribution in [-0.2, 0) is 5.54 Å². The standard InChI is InChI=1S/C9H16N2S/c1-5-9(3,4)11-7(2)6-10-8(11)12/h6H,5H2,1-4H3,(H,10,12). The first-order valence-electron chi connectivity index (χ1n) is 4.26. The highest BCUT2D eigenvalue weighted by atomic mass is 32.1. The van der Waals surface area contributed by atoms with E-state index in [1.807, 2.05) is 6.20 Å². The van der Waals surface area contributed by atoms with E-state index in [0.717, 1.165) is 11.2 Å². The molecule has 1 heterocycles. The molecule has 12 heavy (non-hydrogen) atoms. The van der Waals surface area contributed by atoms with Gasteiger partial charge in [0.15, 0.2) is 4.77 Å². The van der Waals surface area contributed by atoms with Crippen LogP contribution in [0.4, 0.5) is 0 Å². The van der Waals surface area contributed by atoms with Gasteiger partial charge >= 0.3 is 0 Å². The summed E-state index contributed by atoms with van der Waals surface area (Å²) in [5.41, 5.74) is 1.33. The Morgan fingerprint density at radius 1 is 1.58 bits per heavy atom. The van der Waals surface area contributed by atoms with Crippen molar-refractivity contribution in [1.29, 1.82) is 0 Å². The van der Waals surface area contributed by atoms with Gasteiger partial charge in [-0.25, -0.2) is 0 Å². The topological polar surface area (TPSA) is 20.7 Å². The van der Waals surface area contributed by atoms with Gasteiger partial charge in [0.05, 0.1) is 0 Å². The molecule has 1 aromatic heterocycles. The molecule has 0 unspecified atom stereocenters. The van der Waals surface area contributed by atoms with Crippen LogP contribution in [0.15, 0.2) is 6.20 Å². The predicted octanol–water partition coefficient (Wildman–Crippen LogP) is 3.00. The van der Waals surface area contributed by atoms with E-state index in [4.69, 9.17) is 12.2 Å². The maximum Gasteiger partial charge on any atom is 0.177 e. The van der Waals surface area contributed by atoms with E-state index >= 15 is 0 Å². The van der Waals surface area contributed by atoms with Gasteiger partial charge in [-0.3, -0.25) is 0 Å². The Morgan fingerprint density at radius 3 is 2.50 bits per heavy atom. The first kappa shape index (κ1) is 9.52. The average Bonchev–Trinajstić information content (AvgIpc) is 2.31. The molecule has 68 valence electrons. The summed E-state index contributed by atoms with van der Waals surface area (Å²) >= 11 is 5.19. The number of aromatic nitrogens is 2. The SMILES string of the molecule is CCC(C)(C)n1c(C)c[nH]c1=S. The Labute approximate surface area is 78.6 Å². The number of hydrogen-bond acceptors (Lipinski definition) is 1. The van der Waals surface area contributed by atoms with Crippen LogP contribution >= 0.6 is 12.2 Å². The highest BCUT2D eigenvalue weighted by Crippen LogP contribution is 2.21. The minimum atomic E-state index is 0.126. The third kappa shape index (κ3) is 1.46. The van der Waals surface area contributed by atoms with Crippen LogP contribution in [0.3, 0.4) is 0 Å². The molecule has 1 rings (SSSR count). The molecule has 0 aliphatic heterocycles. The highest BCUT2D eigenvalue weighted by Gasteiger charge is 2.19. The summed E-state index contributed by atoms with van der Waals surface area (Å²) in [5.74, 6) is 0. The van der Waals surface area contributed by atoms with Crippen molar-refractivity contribution >= 4 is 12.2 Å². The minimum absolute atomic E-state index is 0.126. The van der Waals surface area contributed by atoms with Gasteiger partial charge in [0.25, 0.3) is 0 Å². The second kappa shape index (κ2) is 3.05. The molecule has 0 fully saturated rings. The number of nitrogens with zero attached hydrogens (tertiary/aromatic N) is 1. The minimum Gasteiger partial charge on any atom is -0.337 e. The Bertz CT molecular complexity index is 320. The van der Waals surface area contributed by atoms with E-state index < -0.39 is 0 Å². The molecule has 0 bridgehead atoms. The average molecular weight is 184 g/mol. The third-order valence-corrected chi connectivity index (χ3v) is 2.73. The highest BCUT2D eigenvalue weighted by molar-refractivity contribution is 7.71. The largest absolute Gasteiger partial charge is 0.337 e. The summed E-state index contributed by atoms with van der Waals surface area (Å²) in [7, 11) is 0. The summed E-state index contributed by atoms with van der Waals surface area (Å²) in [6.07, 6.45) is 3.04. The van der Waals surface area contributed by atoms with Crippen molar-refractivity contribution in [3.8, 4) is 0 Å². The predicted molar refractivity (Wildman–Crippen MR) is 54.0 cm³/mol. The summed E-state index contributed by atoms with van der Waals surface area (Å²) in [4.78, 5) is 3.06. The number of hydrogen-bond donors (Lipinski definition) is 1. The smallest absolute Gasteiger partial charge is 0.177 e. The van der Waals surface area contributed by atoms with Crippen LogP contribution in [0, 0.1) is 11.7 Å². The summed E-state index contributed by atoms with van der Waals surface area (Å²) in [5, 5.41) is 0. The van der Waals surface area contributed by atoms with Crippen LogP contribution in [0.1, 0.15) is 32.9 Å². The van der Waals surface area contributed by atoms with Gasteiger partial charge in [0, 0.05) is 17.4 Å². The summed E-state index contributed by atoms with van der Waals surface area (Å²) in [6.45, 7) is 8.64. The van der Waals surface area contributed by atoms with E-state index in [0.29, 0.717) is 0 Å². The number of nitrogens with one attached hydrogen (secondary N) is 1. The molecule has 0 saturated carbocycles. The Hall–Kier alpha value is -0.570. The second-order valence-corrected chi connectivity index (χ2v) is 4.12. The number of aryl methyl sites for hydroxylation is 1. The van der Waals surface area contributed by atoms with Crippen molar-refractivity contribution in [2.75, 3.05) is 0 Å². The molecule has 1 N–H and O–H groups in total. The molecule has 0 aliphatic carbocycles. The van der Waals surface area contributed by atoms with Crippen LogP contribution in [0.5, 0.6) is 0 Å². The van der Waals surface area contributed by atoms with Gasteiger partial charge < -0.3 is 9.55 Å². The molecule has 0 aromatic carbocycles. The van der Waals surface area contributed by atoms with Crippen molar-refractivity contribution in [1.82, 2.24) is 9.55 Å². The van der Waals surface area contributed by atoms with Gasteiger partial charge in [-0.1, -0.05) is 6.92 Å². The van der Waals surface area contributed by atoms with Crippen molar-refractivity contribution in [3.05, 3.63) is 16.7 Å². The van der Waals surface area contributed by atoms with Gasteiger partial charge in [0.2, 0.25) is 0 Å². The lowest BCUT2D eigenvalue weighted by atomic mass is 10.0. The lowest BCUT2D eigenvalue weighted by Crippen LogP contribution is -2.26. The van der Waals surface area contributed by atoms with Gasteiger partial charge in [-0.15, -0.1) is 0 Å². The lowest BCUT2D eigenvalue weighted by Gasteiger charge is -2.26. The van der Waals surface area contributed by atoms with Crippen LogP contribution in [0.2, 0.25) is 0 Å². The quantitative estimate of drug-likeness (QED) is 0.701. The molecule has 0 spiro atoms. The van der Waals surface area contributed by atoms with E-state index in [1.165, 1.54) is 5.69 Å². The lowest BCUT2D eigenvalue weighted by molar-refractivity contribution is 0.332. The van der Waals surface area contributed by atoms with E-state index in [2.05, 4.69) is 37.2 Å². The molecule has 0 amide bonds. The maximum atomic E-state index is 5.19. The van der Waals surface area contributed by atoms with Gasteiger partial charge in [-0.2, -0.15) is 0 Å². The van der Waals surface area contributed by atoms with Crippen LogP contribution < -0.4 is 0 Å². The van der Waals surface area contributed by atoms with E-state index in [-0.39, 0.29) is 5.54 Å². The fourth-order valence-electron chi connectivity index (χ4n) is 1.37. The maximum absolute atomic E-state index is 5.19. The molecule has 2 nitrogen and oxygen atoms in total. The zero-order valence-corrected chi connectivity index (χ0v) is 8.96. The zero-order valence-electron chi connectivity index (χ0n) is 8.14. The molecule has 1 aromatic rings. The van der Waals surface area contributed by atoms with Gasteiger partial charge in [-0.05, 0) is 39.4 Å². The number of rotatable bonds is 2. The molecule has 0 aliphatic rings. The van der Waals surface area contributed by atoms with Crippen molar-refractivity contribution < 1.29 is 0 Å². The summed E-state index contributed by atoms with van der Waals surface area (Å²) < 4.78 is 2.99. The van der Waals surface area contributed by atoms with E-state index in [1.54, 1.807) is 0 Å². The van der Waals surface area contributed by atoms with Gasteiger partial charge in [0.1, 0.15) is 0 Å². The number of imidazole rings is 1. The first-order valence-corrected chi connectivity index (χ1v) is 4.67. The number of aromatic amines is 1.